The first-order valence-corrected chi connectivity index (χ1v) is 10.4. The second kappa shape index (κ2) is 5.67. The Morgan fingerprint density at radius 1 is 1.35 bits per heavy atom. The van der Waals surface area contributed by atoms with E-state index in [0.717, 1.165) is 33.4 Å². The molecule has 3 aromatic heterocycles. The summed E-state index contributed by atoms with van der Waals surface area (Å²) in [6, 6.07) is 4.30. The summed E-state index contributed by atoms with van der Waals surface area (Å²) in [5.74, 6) is 0. The predicted octanol–water partition coefficient (Wildman–Crippen LogP) is 4.21. The van der Waals surface area contributed by atoms with Crippen molar-refractivity contribution in [3.8, 4) is 16.8 Å². The third kappa shape index (κ3) is 2.70. The Labute approximate surface area is 163 Å². The van der Waals surface area contributed by atoms with E-state index >= 15 is 0 Å². The summed E-state index contributed by atoms with van der Waals surface area (Å²) in [5, 5.41) is 20.1. The van der Waals surface area contributed by atoms with E-state index in [1.54, 1.807) is 18.1 Å². The summed E-state index contributed by atoms with van der Waals surface area (Å²) in [6.07, 6.45) is 7.90. The molecular weight excluding hydrogens is 388 g/mol. The van der Waals surface area contributed by atoms with Gasteiger partial charge in [0.2, 0.25) is 0 Å². The number of fused-ring (bicyclic) bond motifs is 1. The zero-order valence-electron chi connectivity index (χ0n) is 14.0. The number of halogens is 1. The molecule has 0 spiro atoms. The van der Waals surface area contributed by atoms with Crippen LogP contribution in [0.4, 0.5) is 0 Å². The van der Waals surface area contributed by atoms with E-state index in [9.17, 15) is 5.26 Å². The minimum atomic E-state index is -0.418. The van der Waals surface area contributed by atoms with Gasteiger partial charge in [-0.2, -0.15) is 5.26 Å². The maximum absolute atomic E-state index is 9.37. The average Bonchev–Trinajstić information content (AvgIpc) is 3.47. The van der Waals surface area contributed by atoms with Crippen LogP contribution in [0.1, 0.15) is 37.6 Å². The molecule has 5 rings (SSSR count). The molecule has 0 atom stereocenters. The molecule has 26 heavy (non-hydrogen) atoms. The fourth-order valence-electron chi connectivity index (χ4n) is 2.73. The van der Waals surface area contributed by atoms with E-state index in [2.05, 4.69) is 32.9 Å². The number of aromatic nitrogens is 4. The number of hydrogen-bond donors (Lipinski definition) is 1. The molecule has 1 N–H and O–H groups in total. The molecule has 2 aliphatic rings. The van der Waals surface area contributed by atoms with Crippen LogP contribution in [0.25, 0.3) is 16.3 Å². The standard InChI is InChI=1S/C17H15ClN6S2/c1-16(2-3-16)23-26-10-6-11(18)13-20-7-12(24(13)8-10)14-21-22-15(25-14)17(9-19)4-5-17/h6-8,23H,2-5H2,1H3. The van der Waals surface area contributed by atoms with Gasteiger partial charge in [0.15, 0.2) is 10.7 Å². The van der Waals surface area contributed by atoms with Crippen molar-refractivity contribution in [3.05, 3.63) is 28.5 Å². The minimum absolute atomic E-state index is 0.230. The summed E-state index contributed by atoms with van der Waals surface area (Å²) >= 11 is 9.50. The topological polar surface area (TPSA) is 78.9 Å². The van der Waals surface area contributed by atoms with Gasteiger partial charge in [-0.05, 0) is 50.6 Å². The van der Waals surface area contributed by atoms with Crippen molar-refractivity contribution >= 4 is 40.5 Å². The van der Waals surface area contributed by atoms with Crippen LogP contribution in [0.5, 0.6) is 0 Å². The monoisotopic (exact) mass is 402 g/mol. The van der Waals surface area contributed by atoms with E-state index in [4.69, 9.17) is 11.6 Å². The van der Waals surface area contributed by atoms with Gasteiger partial charge in [0.25, 0.3) is 0 Å². The number of hydrogen-bond acceptors (Lipinski definition) is 7. The Kier molecular flexibility index (Phi) is 3.60. The smallest absolute Gasteiger partial charge is 0.166 e. The highest BCUT2D eigenvalue weighted by Gasteiger charge is 2.48. The third-order valence-corrected chi connectivity index (χ3v) is 7.45. The average molecular weight is 403 g/mol. The Morgan fingerprint density at radius 2 is 2.15 bits per heavy atom. The van der Waals surface area contributed by atoms with Crippen LogP contribution < -0.4 is 4.72 Å². The van der Waals surface area contributed by atoms with Gasteiger partial charge in [-0.1, -0.05) is 22.9 Å². The van der Waals surface area contributed by atoms with Crippen LogP contribution in [-0.4, -0.2) is 25.1 Å². The van der Waals surface area contributed by atoms with Crippen molar-refractivity contribution in [1.29, 1.82) is 5.26 Å². The Hall–Kier alpha value is -1.66. The summed E-state index contributed by atoms with van der Waals surface area (Å²) < 4.78 is 5.45. The van der Waals surface area contributed by atoms with E-state index in [0.29, 0.717) is 10.7 Å². The fraction of sp³-hybridized carbons (Fsp3) is 0.412. The third-order valence-electron chi connectivity index (χ3n) is 4.97. The summed E-state index contributed by atoms with van der Waals surface area (Å²) in [4.78, 5) is 5.46. The van der Waals surface area contributed by atoms with Crippen LogP contribution in [0, 0.1) is 11.3 Å². The number of nitriles is 1. The van der Waals surface area contributed by atoms with Crippen molar-refractivity contribution in [2.24, 2.45) is 0 Å². The molecule has 0 saturated heterocycles. The lowest BCUT2D eigenvalue weighted by Gasteiger charge is -2.11. The number of pyridine rings is 1. The van der Waals surface area contributed by atoms with Gasteiger partial charge in [0, 0.05) is 16.6 Å². The van der Waals surface area contributed by atoms with Crippen molar-refractivity contribution in [3.63, 3.8) is 0 Å². The molecule has 2 saturated carbocycles. The van der Waals surface area contributed by atoms with Crippen molar-refractivity contribution in [2.45, 2.75) is 48.5 Å². The van der Waals surface area contributed by atoms with Crippen LogP contribution in [0.3, 0.4) is 0 Å². The molecule has 0 aromatic carbocycles. The molecule has 132 valence electrons. The number of rotatable bonds is 5. The number of imidazole rings is 1. The molecule has 0 radical (unpaired) electrons. The van der Waals surface area contributed by atoms with Gasteiger partial charge >= 0.3 is 0 Å². The van der Waals surface area contributed by atoms with Gasteiger partial charge in [0.1, 0.15) is 16.1 Å². The molecule has 0 aliphatic heterocycles. The predicted molar refractivity (Wildman–Crippen MR) is 102 cm³/mol. The zero-order chi connectivity index (χ0) is 17.9. The van der Waals surface area contributed by atoms with E-state index in [-0.39, 0.29) is 5.54 Å². The van der Waals surface area contributed by atoms with E-state index in [1.165, 1.54) is 24.2 Å². The Balaban J connectivity index is 1.52. The first-order chi connectivity index (χ1) is 12.5. The molecule has 0 unspecified atom stereocenters. The van der Waals surface area contributed by atoms with Crippen molar-refractivity contribution in [1.82, 2.24) is 24.3 Å². The summed E-state index contributed by atoms with van der Waals surface area (Å²) in [5.41, 5.74) is 1.35. The second-order valence-electron chi connectivity index (χ2n) is 7.23. The number of nitrogens with one attached hydrogen (secondary N) is 1. The van der Waals surface area contributed by atoms with Gasteiger partial charge in [0.05, 0.1) is 17.3 Å². The second-order valence-corrected chi connectivity index (χ2v) is 9.50. The highest BCUT2D eigenvalue weighted by Crippen LogP contribution is 2.49. The molecular formula is C17H15ClN6S2. The normalized spacial score (nSPS) is 19.4. The Morgan fingerprint density at radius 3 is 2.85 bits per heavy atom. The van der Waals surface area contributed by atoms with Crippen LogP contribution in [0.15, 0.2) is 23.4 Å². The highest BCUT2D eigenvalue weighted by atomic mass is 35.5. The Bertz CT molecular complexity index is 1060. The largest absolute Gasteiger partial charge is 0.295 e. The van der Waals surface area contributed by atoms with E-state index in [1.807, 2.05) is 16.7 Å². The van der Waals surface area contributed by atoms with E-state index < -0.39 is 5.41 Å². The summed E-state index contributed by atoms with van der Waals surface area (Å²) in [6.45, 7) is 2.22. The fourth-order valence-corrected chi connectivity index (χ4v) is 5.00. The molecule has 3 aromatic rings. The van der Waals surface area contributed by atoms with Crippen LogP contribution in [0.2, 0.25) is 5.02 Å². The maximum Gasteiger partial charge on any atom is 0.166 e. The lowest BCUT2D eigenvalue weighted by Crippen LogP contribution is -2.19. The molecule has 2 aliphatic carbocycles. The molecule has 2 fully saturated rings. The lowest BCUT2D eigenvalue weighted by molar-refractivity contribution is 0.701. The zero-order valence-corrected chi connectivity index (χ0v) is 16.4. The molecule has 0 bridgehead atoms. The summed E-state index contributed by atoms with van der Waals surface area (Å²) in [7, 11) is 0. The van der Waals surface area contributed by atoms with Crippen LogP contribution >= 0.6 is 34.9 Å². The molecule has 3 heterocycles. The van der Waals surface area contributed by atoms with Crippen molar-refractivity contribution < 1.29 is 0 Å². The van der Waals surface area contributed by atoms with Crippen LogP contribution in [-0.2, 0) is 5.41 Å². The van der Waals surface area contributed by atoms with Gasteiger partial charge < -0.3 is 0 Å². The van der Waals surface area contributed by atoms with Gasteiger partial charge in [-0.25, -0.2) is 4.98 Å². The maximum atomic E-state index is 9.37. The highest BCUT2D eigenvalue weighted by molar-refractivity contribution is 7.97. The first-order valence-electron chi connectivity index (χ1n) is 8.38. The SMILES string of the molecule is CC1(NSc2cc(Cl)c3ncc(-c4nnc(C5(C#N)CC5)s4)n3c2)CC1. The van der Waals surface area contributed by atoms with Gasteiger partial charge in [-0.15, -0.1) is 10.2 Å². The molecule has 6 nitrogen and oxygen atoms in total. The quantitative estimate of drug-likeness (QED) is 0.644. The number of nitrogens with zero attached hydrogens (tertiary/aromatic N) is 5. The first kappa shape index (κ1) is 16.5. The minimum Gasteiger partial charge on any atom is -0.295 e. The van der Waals surface area contributed by atoms with Gasteiger partial charge in [-0.3, -0.25) is 9.12 Å². The lowest BCUT2D eigenvalue weighted by atomic mass is 10.1. The van der Waals surface area contributed by atoms with Crippen molar-refractivity contribution in [2.75, 3.05) is 0 Å². The molecule has 9 heteroatoms. The molecule has 0 amide bonds.